The molecule has 0 saturated carbocycles. The minimum absolute atomic E-state index is 0.149. The van der Waals surface area contributed by atoms with Crippen molar-refractivity contribution in [2.75, 3.05) is 13.1 Å². The molecule has 1 aromatic rings. The molecule has 2 heterocycles. The first-order valence-electron chi connectivity index (χ1n) is 6.97. The highest BCUT2D eigenvalue weighted by molar-refractivity contribution is 7.09. The van der Waals surface area contributed by atoms with Gasteiger partial charge in [0, 0.05) is 24.4 Å². The summed E-state index contributed by atoms with van der Waals surface area (Å²) >= 11 is 1.28. The van der Waals surface area contributed by atoms with Crippen molar-refractivity contribution in [1.82, 2.24) is 9.88 Å². The lowest BCUT2D eigenvalue weighted by atomic mass is 9.98. The zero-order valence-corrected chi connectivity index (χ0v) is 13.3. The second kappa shape index (κ2) is 6.25. The van der Waals surface area contributed by atoms with Crippen molar-refractivity contribution in [2.24, 2.45) is 0 Å². The molecule has 1 aromatic heterocycles. The molecule has 0 aromatic carbocycles. The van der Waals surface area contributed by atoms with Gasteiger partial charge in [-0.3, -0.25) is 0 Å². The molecule has 118 valence electrons. The average Bonchev–Trinajstić information content (AvgIpc) is 2.86. The second-order valence-electron chi connectivity index (χ2n) is 6.15. The van der Waals surface area contributed by atoms with Crippen molar-refractivity contribution in [3.05, 3.63) is 16.1 Å². The second-order valence-corrected chi connectivity index (χ2v) is 7.04. The minimum atomic E-state index is -2.52. The van der Waals surface area contributed by atoms with Gasteiger partial charge in [0.15, 0.2) is 0 Å². The molecule has 1 aliphatic rings. The van der Waals surface area contributed by atoms with Crippen LogP contribution in [0, 0.1) is 0 Å². The largest absolute Gasteiger partial charge is 0.444 e. The number of carbonyl (C=O) groups is 1. The number of ether oxygens (including phenoxy) is 1. The van der Waals surface area contributed by atoms with Crippen molar-refractivity contribution >= 4 is 17.4 Å². The topological polar surface area (TPSA) is 42.4 Å². The van der Waals surface area contributed by atoms with Gasteiger partial charge in [0.1, 0.15) is 11.3 Å². The zero-order valence-electron chi connectivity index (χ0n) is 12.4. The van der Waals surface area contributed by atoms with Crippen LogP contribution >= 0.6 is 11.3 Å². The molecule has 0 N–H and O–H groups in total. The number of alkyl halides is 2. The van der Waals surface area contributed by atoms with Crippen LogP contribution in [0.3, 0.4) is 0 Å². The van der Waals surface area contributed by atoms with E-state index in [1.165, 1.54) is 16.7 Å². The zero-order chi connectivity index (χ0) is 15.6. The van der Waals surface area contributed by atoms with Gasteiger partial charge in [-0.2, -0.15) is 0 Å². The Morgan fingerprint density at radius 2 is 2.05 bits per heavy atom. The Labute approximate surface area is 127 Å². The number of halogens is 2. The molecule has 1 fully saturated rings. The Bertz CT molecular complexity index is 491. The Hall–Kier alpha value is -1.24. The number of carbonyl (C=O) groups excluding carboxylic acids is 1. The maximum Gasteiger partial charge on any atom is 0.410 e. The van der Waals surface area contributed by atoms with Crippen molar-refractivity contribution in [2.45, 2.75) is 51.6 Å². The van der Waals surface area contributed by atoms with Gasteiger partial charge < -0.3 is 9.64 Å². The predicted octanol–water partition coefficient (Wildman–Crippen LogP) is 4.20. The average molecular weight is 318 g/mol. The third-order valence-electron chi connectivity index (χ3n) is 3.26. The van der Waals surface area contributed by atoms with Crippen molar-refractivity contribution in [3.8, 4) is 0 Å². The summed E-state index contributed by atoms with van der Waals surface area (Å²) in [6.45, 7) is 6.64. The van der Waals surface area contributed by atoms with Gasteiger partial charge >= 0.3 is 6.09 Å². The SMILES string of the molecule is CC(C)(C)OC(=O)N1CCC(c2nc(C(F)F)cs2)CC1. The van der Waals surface area contributed by atoms with Crippen LogP contribution in [0.25, 0.3) is 0 Å². The number of piperidine rings is 1. The van der Waals surface area contributed by atoms with E-state index >= 15 is 0 Å². The van der Waals surface area contributed by atoms with Crippen LogP contribution in [-0.2, 0) is 4.74 Å². The first kappa shape index (κ1) is 16.1. The van der Waals surface area contributed by atoms with Gasteiger partial charge in [0.05, 0.1) is 5.01 Å². The van der Waals surface area contributed by atoms with Crippen LogP contribution < -0.4 is 0 Å². The van der Waals surface area contributed by atoms with Crippen LogP contribution in [0.4, 0.5) is 13.6 Å². The molecule has 0 atom stereocenters. The van der Waals surface area contributed by atoms with Crippen LogP contribution in [-0.4, -0.2) is 34.7 Å². The van der Waals surface area contributed by atoms with Crippen molar-refractivity contribution < 1.29 is 18.3 Å². The smallest absolute Gasteiger partial charge is 0.410 e. The standard InChI is InChI=1S/C14H20F2N2O2S/c1-14(2,3)20-13(19)18-6-4-9(5-7-18)12-17-10(8-21-12)11(15)16/h8-9,11H,4-7H2,1-3H3. The van der Waals surface area contributed by atoms with Gasteiger partial charge in [-0.25, -0.2) is 18.6 Å². The summed E-state index contributed by atoms with van der Waals surface area (Å²) in [6.07, 6.45) is -1.37. The monoisotopic (exact) mass is 318 g/mol. The summed E-state index contributed by atoms with van der Waals surface area (Å²) in [7, 11) is 0. The number of amides is 1. The summed E-state index contributed by atoms with van der Waals surface area (Å²) in [4.78, 5) is 17.6. The van der Waals surface area contributed by atoms with E-state index in [1.54, 1.807) is 4.90 Å². The lowest BCUT2D eigenvalue weighted by Gasteiger charge is -2.32. The number of likely N-dealkylation sites (tertiary alicyclic amines) is 1. The molecule has 0 aliphatic carbocycles. The van der Waals surface area contributed by atoms with E-state index in [-0.39, 0.29) is 17.7 Å². The van der Waals surface area contributed by atoms with Crippen molar-refractivity contribution in [3.63, 3.8) is 0 Å². The molecule has 4 nitrogen and oxygen atoms in total. The van der Waals surface area contributed by atoms with E-state index in [0.29, 0.717) is 13.1 Å². The lowest BCUT2D eigenvalue weighted by Crippen LogP contribution is -2.41. The molecule has 1 amide bonds. The van der Waals surface area contributed by atoms with Crippen LogP contribution in [0.15, 0.2) is 5.38 Å². The van der Waals surface area contributed by atoms with Gasteiger partial charge in [0.2, 0.25) is 0 Å². The lowest BCUT2D eigenvalue weighted by molar-refractivity contribution is 0.0205. The van der Waals surface area contributed by atoms with E-state index in [2.05, 4.69) is 4.98 Å². The number of rotatable bonds is 2. The summed E-state index contributed by atoms with van der Waals surface area (Å²) in [5, 5.41) is 2.16. The molecule has 1 aliphatic heterocycles. The maximum absolute atomic E-state index is 12.5. The molecule has 1 saturated heterocycles. The third-order valence-corrected chi connectivity index (χ3v) is 4.28. The van der Waals surface area contributed by atoms with E-state index in [4.69, 9.17) is 4.74 Å². The molecule has 0 spiro atoms. The Morgan fingerprint density at radius 3 is 2.52 bits per heavy atom. The van der Waals surface area contributed by atoms with E-state index < -0.39 is 12.0 Å². The fourth-order valence-electron chi connectivity index (χ4n) is 2.22. The maximum atomic E-state index is 12.5. The highest BCUT2D eigenvalue weighted by Gasteiger charge is 2.29. The quantitative estimate of drug-likeness (QED) is 0.821. The third kappa shape index (κ3) is 4.36. The number of hydrogen-bond acceptors (Lipinski definition) is 4. The number of nitrogens with zero attached hydrogens (tertiary/aromatic N) is 2. The molecule has 2 rings (SSSR count). The highest BCUT2D eigenvalue weighted by atomic mass is 32.1. The minimum Gasteiger partial charge on any atom is -0.444 e. The summed E-state index contributed by atoms with van der Waals surface area (Å²) < 4.78 is 30.4. The molecular weight excluding hydrogens is 298 g/mol. The highest BCUT2D eigenvalue weighted by Crippen LogP contribution is 2.32. The Balaban J connectivity index is 1.89. The summed E-state index contributed by atoms with van der Waals surface area (Å²) in [5.74, 6) is 0.154. The van der Waals surface area contributed by atoms with Gasteiger partial charge in [0.25, 0.3) is 6.43 Å². The number of thiazole rings is 1. The van der Waals surface area contributed by atoms with Crippen LogP contribution in [0.5, 0.6) is 0 Å². The fourth-order valence-corrected chi connectivity index (χ4v) is 3.21. The Kier molecular flexibility index (Phi) is 4.81. The molecular formula is C14H20F2N2O2S. The first-order valence-corrected chi connectivity index (χ1v) is 7.85. The summed E-state index contributed by atoms with van der Waals surface area (Å²) in [6, 6.07) is 0. The summed E-state index contributed by atoms with van der Waals surface area (Å²) in [5.41, 5.74) is -0.653. The molecule has 7 heteroatoms. The molecule has 0 unspecified atom stereocenters. The fraction of sp³-hybridized carbons (Fsp3) is 0.714. The van der Waals surface area contributed by atoms with Crippen LogP contribution in [0.2, 0.25) is 0 Å². The normalized spacial score (nSPS) is 17.3. The molecule has 0 radical (unpaired) electrons. The van der Waals surface area contributed by atoms with Gasteiger partial charge in [-0.05, 0) is 33.6 Å². The van der Waals surface area contributed by atoms with Crippen molar-refractivity contribution in [1.29, 1.82) is 0 Å². The van der Waals surface area contributed by atoms with E-state index in [1.807, 2.05) is 20.8 Å². The van der Waals surface area contributed by atoms with Crippen LogP contribution in [0.1, 0.15) is 56.7 Å². The Morgan fingerprint density at radius 1 is 1.43 bits per heavy atom. The number of aromatic nitrogens is 1. The van der Waals surface area contributed by atoms with E-state index in [0.717, 1.165) is 17.8 Å². The predicted molar refractivity (Wildman–Crippen MR) is 76.9 cm³/mol. The van der Waals surface area contributed by atoms with Gasteiger partial charge in [-0.15, -0.1) is 11.3 Å². The first-order chi connectivity index (χ1) is 9.76. The van der Waals surface area contributed by atoms with E-state index in [9.17, 15) is 13.6 Å². The van der Waals surface area contributed by atoms with Gasteiger partial charge in [-0.1, -0.05) is 0 Å². The number of hydrogen-bond donors (Lipinski definition) is 0. The molecule has 0 bridgehead atoms. The molecule has 21 heavy (non-hydrogen) atoms.